The van der Waals surface area contributed by atoms with Crippen LogP contribution >= 0.6 is 23.4 Å². The average molecular weight is 613 g/mol. The van der Waals surface area contributed by atoms with Crippen molar-refractivity contribution in [2.45, 2.75) is 15.2 Å². The van der Waals surface area contributed by atoms with E-state index in [9.17, 15) is 21.6 Å². The topological polar surface area (TPSA) is 137 Å². The lowest BCUT2D eigenvalue weighted by molar-refractivity contribution is 0.102. The number of carbonyl (C=O) groups excluding carboxylic acids is 1. The summed E-state index contributed by atoms with van der Waals surface area (Å²) in [5.74, 6) is 0.802. The maximum absolute atomic E-state index is 13.3. The first-order valence-corrected chi connectivity index (χ1v) is 16.0. The number of sulfone groups is 1. The van der Waals surface area contributed by atoms with Crippen molar-refractivity contribution in [2.24, 2.45) is 0 Å². The highest BCUT2D eigenvalue weighted by atomic mass is 35.5. The molecule has 208 valence electrons. The van der Waals surface area contributed by atoms with Gasteiger partial charge in [-0.1, -0.05) is 11.6 Å². The minimum absolute atomic E-state index is 0.0606. The van der Waals surface area contributed by atoms with Crippen LogP contribution in [0, 0.1) is 0 Å². The van der Waals surface area contributed by atoms with Crippen molar-refractivity contribution < 1.29 is 35.8 Å². The summed E-state index contributed by atoms with van der Waals surface area (Å²) in [4.78, 5) is 13.3. The summed E-state index contributed by atoms with van der Waals surface area (Å²) in [6, 6.07) is 13.8. The van der Waals surface area contributed by atoms with Gasteiger partial charge in [0.1, 0.15) is 0 Å². The van der Waals surface area contributed by atoms with Gasteiger partial charge < -0.3 is 19.5 Å². The Labute approximate surface area is 236 Å². The Morgan fingerprint density at radius 3 is 2.15 bits per heavy atom. The molecule has 1 saturated heterocycles. The standard InChI is InChI=1S/C25H25ClN2O8S3/c1-34-22-13-20(21(14-23(22)35-2)28-39(32,33)19-7-3-16(26)4-8-19)25(29)27-17-5-9-18(10-6-17)38(30,31)24-15-37-12-11-36-24/h3-10,13-14,24,28H,11-12,15H2,1-2H3,(H,27,29). The molecule has 0 radical (unpaired) electrons. The van der Waals surface area contributed by atoms with Crippen LogP contribution in [0.3, 0.4) is 0 Å². The lowest BCUT2D eigenvalue weighted by Gasteiger charge is -2.22. The number of amides is 1. The van der Waals surface area contributed by atoms with E-state index in [1.807, 2.05) is 0 Å². The highest BCUT2D eigenvalue weighted by Crippen LogP contribution is 2.35. The molecule has 1 aliphatic rings. The normalized spacial score (nSPS) is 15.8. The summed E-state index contributed by atoms with van der Waals surface area (Å²) in [5, 5.41) is 3.03. The molecule has 4 rings (SSSR count). The smallest absolute Gasteiger partial charge is 0.261 e. The van der Waals surface area contributed by atoms with Crippen molar-refractivity contribution in [2.75, 3.05) is 42.4 Å². The number of halogens is 1. The monoisotopic (exact) mass is 612 g/mol. The van der Waals surface area contributed by atoms with E-state index < -0.39 is 31.2 Å². The fourth-order valence-corrected chi connectivity index (χ4v) is 7.66. The van der Waals surface area contributed by atoms with Crippen LogP contribution < -0.4 is 19.5 Å². The first-order valence-electron chi connectivity index (χ1n) is 11.4. The number of anilines is 2. The van der Waals surface area contributed by atoms with E-state index in [1.165, 1.54) is 86.6 Å². The molecule has 1 fully saturated rings. The zero-order chi connectivity index (χ0) is 28.2. The van der Waals surface area contributed by atoms with Crippen LogP contribution in [-0.4, -0.2) is 60.5 Å². The van der Waals surface area contributed by atoms with Crippen LogP contribution in [0.15, 0.2) is 70.5 Å². The van der Waals surface area contributed by atoms with Gasteiger partial charge in [-0.3, -0.25) is 9.52 Å². The van der Waals surface area contributed by atoms with Gasteiger partial charge in [-0.25, -0.2) is 16.8 Å². The molecule has 1 aliphatic heterocycles. The van der Waals surface area contributed by atoms with E-state index in [0.29, 0.717) is 23.1 Å². The first kappa shape index (κ1) is 29.0. The van der Waals surface area contributed by atoms with Gasteiger partial charge in [-0.15, -0.1) is 0 Å². The van der Waals surface area contributed by atoms with Crippen molar-refractivity contribution >= 4 is 60.5 Å². The van der Waals surface area contributed by atoms with Crippen LogP contribution in [0.5, 0.6) is 11.5 Å². The lowest BCUT2D eigenvalue weighted by Crippen LogP contribution is -2.31. The largest absolute Gasteiger partial charge is 0.493 e. The SMILES string of the molecule is COc1cc(NS(=O)(=O)c2ccc(Cl)cc2)c(C(=O)Nc2ccc(S(=O)(=O)C3CSCCO3)cc2)cc1OC. The number of sulfonamides is 1. The summed E-state index contributed by atoms with van der Waals surface area (Å²) in [6.45, 7) is 0.359. The minimum Gasteiger partial charge on any atom is -0.493 e. The highest BCUT2D eigenvalue weighted by molar-refractivity contribution is 8.01. The third-order valence-corrected chi connectivity index (χ3v) is 10.5. The van der Waals surface area contributed by atoms with Crippen molar-refractivity contribution in [1.82, 2.24) is 0 Å². The van der Waals surface area contributed by atoms with Gasteiger partial charge in [0.05, 0.1) is 41.9 Å². The second-order valence-electron chi connectivity index (χ2n) is 8.21. The number of rotatable bonds is 9. The van der Waals surface area contributed by atoms with Crippen LogP contribution in [0.2, 0.25) is 5.02 Å². The van der Waals surface area contributed by atoms with E-state index in [2.05, 4.69) is 10.0 Å². The summed E-state index contributed by atoms with van der Waals surface area (Å²) < 4.78 is 70.2. The Morgan fingerprint density at radius 1 is 0.949 bits per heavy atom. The minimum atomic E-state index is -4.10. The summed E-state index contributed by atoms with van der Waals surface area (Å²) in [6.07, 6.45) is 0. The summed E-state index contributed by atoms with van der Waals surface area (Å²) in [5.41, 5.74) is -0.764. The Hall–Kier alpha value is -2.97. The molecule has 14 heteroatoms. The maximum atomic E-state index is 13.3. The molecule has 0 aliphatic carbocycles. The predicted molar refractivity (Wildman–Crippen MR) is 150 cm³/mol. The number of hydrogen-bond donors (Lipinski definition) is 2. The molecule has 3 aromatic carbocycles. The molecular weight excluding hydrogens is 588 g/mol. The van der Waals surface area contributed by atoms with Gasteiger partial charge in [0, 0.05) is 28.3 Å². The predicted octanol–water partition coefficient (Wildman–Crippen LogP) is 4.27. The second kappa shape index (κ2) is 12.0. The van der Waals surface area contributed by atoms with Crippen LogP contribution in [0.25, 0.3) is 0 Å². The second-order valence-corrected chi connectivity index (χ2v) is 13.6. The van der Waals surface area contributed by atoms with Gasteiger partial charge in [0.25, 0.3) is 15.9 Å². The molecule has 0 spiro atoms. The molecule has 1 amide bonds. The number of ether oxygens (including phenoxy) is 3. The maximum Gasteiger partial charge on any atom is 0.261 e. The first-order chi connectivity index (χ1) is 18.5. The van der Waals surface area contributed by atoms with Gasteiger partial charge in [0.15, 0.2) is 16.9 Å². The number of benzene rings is 3. The van der Waals surface area contributed by atoms with Crippen LogP contribution in [0.4, 0.5) is 11.4 Å². The fraction of sp³-hybridized carbons (Fsp3) is 0.240. The average Bonchev–Trinajstić information content (AvgIpc) is 2.93. The number of nitrogens with one attached hydrogen (secondary N) is 2. The Balaban J connectivity index is 1.62. The lowest BCUT2D eigenvalue weighted by atomic mass is 10.1. The van der Waals surface area contributed by atoms with E-state index >= 15 is 0 Å². The molecular formula is C25H25ClN2O8S3. The van der Waals surface area contributed by atoms with Crippen molar-refractivity contribution in [3.63, 3.8) is 0 Å². The van der Waals surface area contributed by atoms with E-state index in [1.54, 1.807) is 0 Å². The molecule has 1 unspecified atom stereocenters. The third-order valence-electron chi connectivity index (χ3n) is 5.71. The van der Waals surface area contributed by atoms with Crippen LogP contribution in [-0.2, 0) is 24.6 Å². The van der Waals surface area contributed by atoms with Gasteiger partial charge >= 0.3 is 0 Å². The van der Waals surface area contributed by atoms with Gasteiger partial charge in [0.2, 0.25) is 9.84 Å². The zero-order valence-electron chi connectivity index (χ0n) is 20.8. The van der Waals surface area contributed by atoms with Gasteiger partial charge in [-0.2, -0.15) is 11.8 Å². The summed E-state index contributed by atoms with van der Waals surface area (Å²) >= 11 is 7.38. The van der Waals surface area contributed by atoms with E-state index in [4.69, 9.17) is 25.8 Å². The van der Waals surface area contributed by atoms with Crippen molar-refractivity contribution in [3.8, 4) is 11.5 Å². The molecule has 3 aromatic rings. The molecule has 0 saturated carbocycles. The molecule has 0 bridgehead atoms. The molecule has 2 N–H and O–H groups in total. The summed E-state index contributed by atoms with van der Waals surface area (Å²) in [7, 11) is -5.05. The number of thioether (sulfide) groups is 1. The van der Waals surface area contributed by atoms with E-state index in [-0.39, 0.29) is 32.5 Å². The number of carbonyl (C=O) groups is 1. The molecule has 1 atom stereocenters. The number of methoxy groups -OCH3 is 2. The van der Waals surface area contributed by atoms with Gasteiger partial charge in [-0.05, 0) is 54.6 Å². The third kappa shape index (κ3) is 6.61. The van der Waals surface area contributed by atoms with Crippen molar-refractivity contribution in [1.29, 1.82) is 0 Å². The Bertz CT molecular complexity index is 1560. The molecule has 1 heterocycles. The molecule has 39 heavy (non-hydrogen) atoms. The molecule has 0 aromatic heterocycles. The number of hydrogen-bond acceptors (Lipinski definition) is 9. The Morgan fingerprint density at radius 2 is 1.56 bits per heavy atom. The Kier molecular flexibility index (Phi) is 8.96. The van der Waals surface area contributed by atoms with E-state index in [0.717, 1.165) is 5.75 Å². The van der Waals surface area contributed by atoms with Crippen LogP contribution in [0.1, 0.15) is 10.4 Å². The highest BCUT2D eigenvalue weighted by Gasteiger charge is 2.30. The fourth-order valence-electron chi connectivity index (χ4n) is 3.69. The van der Waals surface area contributed by atoms with Crippen molar-refractivity contribution in [3.05, 3.63) is 71.2 Å². The molecule has 10 nitrogen and oxygen atoms in total. The quantitative estimate of drug-likeness (QED) is 0.363. The zero-order valence-corrected chi connectivity index (χ0v) is 24.0.